The maximum absolute atomic E-state index is 12.7. The first-order valence-electron chi connectivity index (χ1n) is 7.14. The smallest absolute Gasteiger partial charge is 0.262 e. The molecule has 1 unspecified atom stereocenters. The van der Waals surface area contributed by atoms with Crippen molar-refractivity contribution in [2.45, 2.75) is 50.2 Å². The molecule has 0 aromatic carbocycles. The van der Waals surface area contributed by atoms with E-state index in [1.165, 1.54) is 12.7 Å². The van der Waals surface area contributed by atoms with Crippen LogP contribution < -0.4 is 5.32 Å². The Morgan fingerprint density at radius 1 is 1.50 bits per heavy atom. The van der Waals surface area contributed by atoms with Gasteiger partial charge >= 0.3 is 0 Å². The van der Waals surface area contributed by atoms with Crippen molar-refractivity contribution in [3.05, 3.63) is 12.5 Å². The van der Waals surface area contributed by atoms with Gasteiger partial charge < -0.3 is 9.88 Å². The van der Waals surface area contributed by atoms with Crippen LogP contribution in [0.1, 0.15) is 33.1 Å². The average molecular weight is 300 g/mol. The van der Waals surface area contributed by atoms with E-state index in [-0.39, 0.29) is 17.1 Å². The Balaban J connectivity index is 2.19. The zero-order valence-corrected chi connectivity index (χ0v) is 13.2. The fourth-order valence-corrected chi connectivity index (χ4v) is 4.18. The van der Waals surface area contributed by atoms with Gasteiger partial charge in [0.1, 0.15) is 0 Å². The number of hydrogen-bond donors (Lipinski definition) is 1. The molecule has 0 bridgehead atoms. The Hall–Kier alpha value is -0.920. The van der Waals surface area contributed by atoms with Gasteiger partial charge in [-0.25, -0.2) is 13.4 Å². The van der Waals surface area contributed by atoms with Gasteiger partial charge in [-0.2, -0.15) is 4.31 Å². The first kappa shape index (κ1) is 15.5. The summed E-state index contributed by atoms with van der Waals surface area (Å²) >= 11 is 0. The number of hydrogen-bond acceptors (Lipinski definition) is 4. The van der Waals surface area contributed by atoms with Gasteiger partial charge in [-0.05, 0) is 33.2 Å². The van der Waals surface area contributed by atoms with E-state index in [1.54, 1.807) is 22.1 Å². The van der Waals surface area contributed by atoms with Crippen molar-refractivity contribution in [2.75, 3.05) is 13.1 Å². The van der Waals surface area contributed by atoms with Crippen LogP contribution in [0.15, 0.2) is 17.6 Å². The van der Waals surface area contributed by atoms with E-state index in [4.69, 9.17) is 0 Å². The Kier molecular flexibility index (Phi) is 4.82. The molecule has 1 atom stereocenters. The monoisotopic (exact) mass is 300 g/mol. The van der Waals surface area contributed by atoms with Crippen LogP contribution in [0.4, 0.5) is 0 Å². The van der Waals surface area contributed by atoms with Crippen molar-refractivity contribution in [1.29, 1.82) is 0 Å². The van der Waals surface area contributed by atoms with E-state index in [2.05, 4.69) is 10.3 Å². The highest BCUT2D eigenvalue weighted by Crippen LogP contribution is 2.19. The van der Waals surface area contributed by atoms with Gasteiger partial charge in [0.2, 0.25) is 0 Å². The molecule has 6 nitrogen and oxygen atoms in total. The molecule has 1 N–H and O–H groups in total. The molecule has 0 saturated carbocycles. The Morgan fingerprint density at radius 2 is 2.25 bits per heavy atom. The molecule has 1 aliphatic heterocycles. The normalized spacial score (nSPS) is 20.8. The molecule has 0 spiro atoms. The summed E-state index contributed by atoms with van der Waals surface area (Å²) in [6, 6.07) is 0.162. The van der Waals surface area contributed by atoms with E-state index in [0.29, 0.717) is 6.54 Å². The topological polar surface area (TPSA) is 67.2 Å². The number of aromatic nitrogens is 2. The predicted octanol–water partition coefficient (Wildman–Crippen LogP) is 0.961. The third kappa shape index (κ3) is 3.39. The molecule has 1 aliphatic rings. The van der Waals surface area contributed by atoms with Crippen LogP contribution in [0, 0.1) is 0 Å². The second-order valence-corrected chi connectivity index (χ2v) is 7.53. The molecule has 114 valence electrons. The third-order valence-corrected chi connectivity index (χ3v) is 5.57. The van der Waals surface area contributed by atoms with E-state index >= 15 is 0 Å². The Bertz CT molecular complexity index is 532. The van der Waals surface area contributed by atoms with Crippen molar-refractivity contribution in [2.24, 2.45) is 7.05 Å². The highest BCUT2D eigenvalue weighted by molar-refractivity contribution is 7.89. The fraction of sp³-hybridized carbons (Fsp3) is 0.769. The number of aryl methyl sites for hydroxylation is 1. The molecule has 1 saturated heterocycles. The lowest BCUT2D eigenvalue weighted by atomic mass is 10.1. The molecule has 20 heavy (non-hydrogen) atoms. The lowest BCUT2D eigenvalue weighted by Gasteiger charge is -2.31. The summed E-state index contributed by atoms with van der Waals surface area (Å²) < 4.78 is 28.6. The van der Waals surface area contributed by atoms with E-state index < -0.39 is 10.0 Å². The first-order valence-corrected chi connectivity index (χ1v) is 8.58. The average Bonchev–Trinajstić information content (AvgIpc) is 2.84. The summed E-state index contributed by atoms with van der Waals surface area (Å²) in [4.78, 5) is 4.00. The van der Waals surface area contributed by atoms with Crippen molar-refractivity contribution < 1.29 is 8.42 Å². The van der Waals surface area contributed by atoms with Crippen molar-refractivity contribution in [3.8, 4) is 0 Å². The molecule has 2 rings (SSSR count). The van der Waals surface area contributed by atoms with Crippen LogP contribution in [0.25, 0.3) is 0 Å². The van der Waals surface area contributed by atoms with Gasteiger partial charge in [0.05, 0.1) is 6.33 Å². The summed E-state index contributed by atoms with van der Waals surface area (Å²) in [7, 11) is -1.75. The minimum Gasteiger partial charge on any atom is -0.339 e. The Labute approximate surface area is 121 Å². The molecular formula is C13H24N4O2S. The SMILES string of the molecule is CC(C)N(CC1CCCCN1)S(=O)(=O)c1cn(C)cn1. The van der Waals surface area contributed by atoms with Crippen molar-refractivity contribution >= 4 is 10.0 Å². The number of nitrogens with one attached hydrogen (secondary N) is 1. The summed E-state index contributed by atoms with van der Waals surface area (Å²) in [6.07, 6.45) is 6.43. The van der Waals surface area contributed by atoms with Crippen LogP contribution in [-0.4, -0.2) is 47.4 Å². The van der Waals surface area contributed by atoms with Gasteiger partial charge in [-0.1, -0.05) is 6.42 Å². The first-order chi connectivity index (χ1) is 9.41. The molecule has 1 aromatic heterocycles. The van der Waals surface area contributed by atoms with Crippen LogP contribution in [0.2, 0.25) is 0 Å². The quantitative estimate of drug-likeness (QED) is 0.879. The van der Waals surface area contributed by atoms with Gasteiger partial charge in [-0.15, -0.1) is 0 Å². The van der Waals surface area contributed by atoms with Crippen LogP contribution in [0.3, 0.4) is 0 Å². The number of nitrogens with zero attached hydrogens (tertiary/aromatic N) is 3. The van der Waals surface area contributed by atoms with Crippen molar-refractivity contribution in [3.63, 3.8) is 0 Å². The number of sulfonamides is 1. The van der Waals surface area contributed by atoms with Gasteiger partial charge in [0, 0.05) is 31.9 Å². The molecule has 0 aliphatic carbocycles. The summed E-state index contributed by atoms with van der Waals surface area (Å²) in [5.74, 6) is 0. The molecule has 0 radical (unpaired) electrons. The van der Waals surface area contributed by atoms with Crippen LogP contribution in [-0.2, 0) is 17.1 Å². The standard InChI is InChI=1S/C13H24N4O2S/c1-11(2)17(8-12-6-4-5-7-14-12)20(18,19)13-9-16(3)10-15-13/h9-12,14H,4-8H2,1-3H3. The molecule has 1 aromatic rings. The largest absolute Gasteiger partial charge is 0.339 e. The zero-order valence-electron chi connectivity index (χ0n) is 12.4. The van der Waals surface area contributed by atoms with Gasteiger partial charge in [0.25, 0.3) is 10.0 Å². The summed E-state index contributed by atoms with van der Waals surface area (Å²) in [5.41, 5.74) is 0. The lowest BCUT2D eigenvalue weighted by Crippen LogP contribution is -2.48. The van der Waals surface area contributed by atoms with E-state index in [1.807, 2.05) is 13.8 Å². The predicted molar refractivity (Wildman–Crippen MR) is 77.9 cm³/mol. The van der Waals surface area contributed by atoms with Gasteiger partial charge in [0.15, 0.2) is 5.03 Å². The molecule has 7 heteroatoms. The minimum absolute atomic E-state index is 0.0780. The third-order valence-electron chi connectivity index (χ3n) is 3.64. The molecule has 0 amide bonds. The minimum atomic E-state index is -3.52. The highest BCUT2D eigenvalue weighted by Gasteiger charge is 2.31. The van der Waals surface area contributed by atoms with E-state index in [0.717, 1.165) is 19.4 Å². The van der Waals surface area contributed by atoms with Crippen LogP contribution >= 0.6 is 0 Å². The molecular weight excluding hydrogens is 276 g/mol. The summed E-state index contributed by atoms with van der Waals surface area (Å²) in [5, 5.41) is 3.53. The number of imidazole rings is 1. The zero-order chi connectivity index (χ0) is 14.8. The van der Waals surface area contributed by atoms with Crippen LogP contribution in [0.5, 0.6) is 0 Å². The fourth-order valence-electron chi connectivity index (χ4n) is 2.53. The summed E-state index contributed by atoms with van der Waals surface area (Å²) in [6.45, 7) is 5.30. The molecule has 2 heterocycles. The maximum atomic E-state index is 12.7. The van der Waals surface area contributed by atoms with Gasteiger partial charge in [-0.3, -0.25) is 0 Å². The van der Waals surface area contributed by atoms with Crippen molar-refractivity contribution in [1.82, 2.24) is 19.2 Å². The molecule has 1 fully saturated rings. The second kappa shape index (κ2) is 6.24. The Morgan fingerprint density at radius 3 is 2.75 bits per heavy atom. The second-order valence-electron chi connectivity index (χ2n) is 5.69. The van der Waals surface area contributed by atoms with E-state index in [9.17, 15) is 8.42 Å². The number of piperidine rings is 1. The number of rotatable bonds is 5. The maximum Gasteiger partial charge on any atom is 0.262 e. The lowest BCUT2D eigenvalue weighted by molar-refractivity contribution is 0.282. The highest BCUT2D eigenvalue weighted by atomic mass is 32.2.